The zero-order valence-electron chi connectivity index (χ0n) is 13.0. The average Bonchev–Trinajstić information content (AvgIpc) is 2.54. The number of sulfonamides is 1. The first-order valence-corrected chi connectivity index (χ1v) is 8.59. The van der Waals surface area contributed by atoms with Crippen LogP contribution in [0.5, 0.6) is 5.75 Å². The van der Waals surface area contributed by atoms with Crippen LogP contribution in [0.15, 0.2) is 53.4 Å². The summed E-state index contributed by atoms with van der Waals surface area (Å²) in [5.41, 5.74) is 6.69. The van der Waals surface area contributed by atoms with Crippen molar-refractivity contribution in [1.82, 2.24) is 4.72 Å². The third kappa shape index (κ3) is 4.46. The lowest BCUT2D eigenvalue weighted by Gasteiger charge is -2.16. The Kier molecular flexibility index (Phi) is 5.42. The van der Waals surface area contributed by atoms with Gasteiger partial charge < -0.3 is 15.6 Å². The Morgan fingerprint density at radius 2 is 1.92 bits per heavy atom. The van der Waals surface area contributed by atoms with E-state index in [2.05, 4.69) is 4.72 Å². The fraction of sp³-hybridized carbons (Fsp3) is 0.188. The van der Waals surface area contributed by atoms with Gasteiger partial charge in [-0.05, 0) is 36.8 Å². The van der Waals surface area contributed by atoms with Crippen molar-refractivity contribution in [3.8, 4) is 5.75 Å². The molecule has 24 heavy (non-hydrogen) atoms. The minimum atomic E-state index is -3.65. The normalized spacial score (nSPS) is 12.5. The van der Waals surface area contributed by atoms with Crippen molar-refractivity contribution >= 4 is 21.7 Å². The van der Waals surface area contributed by atoms with Crippen LogP contribution in [0.3, 0.4) is 0 Å². The van der Waals surface area contributed by atoms with Crippen LogP contribution in [0.4, 0.5) is 5.69 Å². The van der Waals surface area contributed by atoms with Crippen LogP contribution < -0.4 is 15.2 Å². The molecule has 8 heteroatoms. The Bertz CT molecular complexity index is 822. The van der Waals surface area contributed by atoms with Gasteiger partial charge in [0.1, 0.15) is 5.75 Å². The summed E-state index contributed by atoms with van der Waals surface area (Å²) in [7, 11) is -3.65. The van der Waals surface area contributed by atoms with Crippen molar-refractivity contribution in [3.05, 3.63) is 54.1 Å². The highest BCUT2D eigenvalue weighted by molar-refractivity contribution is 7.89. The van der Waals surface area contributed by atoms with Crippen molar-refractivity contribution in [2.45, 2.75) is 17.9 Å². The second-order valence-electron chi connectivity index (χ2n) is 5.14. The number of carboxylic acids is 1. The number of ether oxygens (including phenoxy) is 1. The summed E-state index contributed by atoms with van der Waals surface area (Å²) in [6.45, 7) is 1.19. The molecule has 0 saturated heterocycles. The molecule has 0 fully saturated rings. The van der Waals surface area contributed by atoms with Gasteiger partial charge in [0.2, 0.25) is 10.0 Å². The number of aliphatic carboxylic acids is 1. The SMILES string of the molecule is CC(NS(=O)(=O)c1ccccc1)c1ccc(OCC(=O)O)c(N)c1. The number of hydrogen-bond donors (Lipinski definition) is 3. The van der Waals surface area contributed by atoms with Crippen LogP contribution in [-0.2, 0) is 14.8 Å². The quantitative estimate of drug-likeness (QED) is 0.655. The van der Waals surface area contributed by atoms with E-state index >= 15 is 0 Å². The first-order chi connectivity index (χ1) is 11.3. The Hall–Kier alpha value is -2.58. The number of rotatable bonds is 7. The molecule has 2 aromatic rings. The summed E-state index contributed by atoms with van der Waals surface area (Å²) in [5, 5.41) is 8.60. The van der Waals surface area contributed by atoms with Gasteiger partial charge in [0.05, 0.1) is 10.6 Å². The fourth-order valence-corrected chi connectivity index (χ4v) is 3.33. The predicted octanol–water partition coefficient (Wildman–Crippen LogP) is 1.77. The number of hydrogen-bond acceptors (Lipinski definition) is 5. The second-order valence-corrected chi connectivity index (χ2v) is 6.85. The number of benzene rings is 2. The lowest BCUT2D eigenvalue weighted by atomic mass is 10.1. The third-order valence-corrected chi connectivity index (χ3v) is 4.83. The monoisotopic (exact) mass is 350 g/mol. The first kappa shape index (κ1) is 17.8. The molecule has 0 aliphatic carbocycles. The van der Waals surface area contributed by atoms with E-state index < -0.39 is 28.6 Å². The topological polar surface area (TPSA) is 119 Å². The number of carbonyl (C=O) groups is 1. The highest BCUT2D eigenvalue weighted by Crippen LogP contribution is 2.26. The maximum atomic E-state index is 12.3. The molecule has 4 N–H and O–H groups in total. The number of nitrogens with one attached hydrogen (secondary N) is 1. The second kappa shape index (κ2) is 7.33. The molecule has 1 atom stereocenters. The molecule has 2 rings (SSSR count). The van der Waals surface area contributed by atoms with Gasteiger partial charge in [-0.25, -0.2) is 17.9 Å². The van der Waals surface area contributed by atoms with E-state index in [-0.39, 0.29) is 16.3 Å². The van der Waals surface area contributed by atoms with E-state index in [0.29, 0.717) is 5.56 Å². The Morgan fingerprint density at radius 3 is 2.50 bits per heavy atom. The molecule has 0 aliphatic heterocycles. The predicted molar refractivity (Wildman–Crippen MR) is 89.2 cm³/mol. The molecule has 0 spiro atoms. The van der Waals surface area contributed by atoms with Gasteiger partial charge in [0.15, 0.2) is 6.61 Å². The lowest BCUT2D eigenvalue weighted by molar-refractivity contribution is -0.139. The van der Waals surface area contributed by atoms with Crippen LogP contribution in [-0.4, -0.2) is 26.1 Å². The van der Waals surface area contributed by atoms with Crippen LogP contribution in [0.2, 0.25) is 0 Å². The first-order valence-electron chi connectivity index (χ1n) is 7.11. The molecule has 2 aromatic carbocycles. The van der Waals surface area contributed by atoms with Gasteiger partial charge in [-0.2, -0.15) is 0 Å². The molecule has 0 amide bonds. The molecule has 128 valence electrons. The van der Waals surface area contributed by atoms with Crippen molar-refractivity contribution in [2.24, 2.45) is 0 Å². The standard InChI is InChI=1S/C16H18N2O5S/c1-11(18-24(21,22)13-5-3-2-4-6-13)12-7-8-15(14(17)9-12)23-10-16(19)20/h2-9,11,18H,10,17H2,1H3,(H,19,20). The van der Waals surface area contributed by atoms with Gasteiger partial charge in [0, 0.05) is 6.04 Å². The van der Waals surface area contributed by atoms with Crippen molar-refractivity contribution in [1.29, 1.82) is 0 Å². The Morgan fingerprint density at radius 1 is 1.25 bits per heavy atom. The van der Waals surface area contributed by atoms with Gasteiger partial charge >= 0.3 is 5.97 Å². The minimum absolute atomic E-state index is 0.172. The molecular weight excluding hydrogens is 332 g/mol. The van der Waals surface area contributed by atoms with E-state index in [1.165, 1.54) is 18.2 Å². The summed E-state index contributed by atoms with van der Waals surface area (Å²) in [6, 6.07) is 12.2. The molecule has 0 saturated carbocycles. The number of carboxylic acid groups (broad SMARTS) is 1. The van der Waals surface area contributed by atoms with E-state index in [0.717, 1.165) is 0 Å². The largest absolute Gasteiger partial charge is 0.480 e. The van der Waals surface area contributed by atoms with Crippen LogP contribution >= 0.6 is 0 Å². The van der Waals surface area contributed by atoms with Crippen molar-refractivity contribution < 1.29 is 23.1 Å². The van der Waals surface area contributed by atoms with Gasteiger partial charge in [-0.1, -0.05) is 24.3 Å². The summed E-state index contributed by atoms with van der Waals surface area (Å²) in [4.78, 5) is 10.7. The van der Waals surface area contributed by atoms with Crippen molar-refractivity contribution in [3.63, 3.8) is 0 Å². The number of nitrogen functional groups attached to an aromatic ring is 1. The smallest absolute Gasteiger partial charge is 0.341 e. The average molecular weight is 350 g/mol. The maximum Gasteiger partial charge on any atom is 0.341 e. The van der Waals surface area contributed by atoms with Gasteiger partial charge in [-0.15, -0.1) is 0 Å². The maximum absolute atomic E-state index is 12.3. The van der Waals surface area contributed by atoms with E-state index in [4.69, 9.17) is 15.6 Å². The summed E-state index contributed by atoms with van der Waals surface area (Å²) in [6.07, 6.45) is 0. The molecule has 7 nitrogen and oxygen atoms in total. The van der Waals surface area contributed by atoms with Crippen molar-refractivity contribution in [2.75, 3.05) is 12.3 Å². The highest BCUT2D eigenvalue weighted by atomic mass is 32.2. The minimum Gasteiger partial charge on any atom is -0.480 e. The molecule has 0 heterocycles. The number of nitrogens with two attached hydrogens (primary N) is 1. The van der Waals surface area contributed by atoms with E-state index in [1.807, 2.05) is 0 Å². The van der Waals surface area contributed by atoms with Gasteiger partial charge in [-0.3, -0.25) is 0 Å². The third-order valence-electron chi connectivity index (χ3n) is 3.27. The number of anilines is 1. The zero-order valence-corrected chi connectivity index (χ0v) is 13.8. The lowest BCUT2D eigenvalue weighted by Crippen LogP contribution is -2.27. The zero-order chi connectivity index (χ0) is 17.7. The molecule has 1 unspecified atom stereocenters. The summed E-state index contributed by atoms with van der Waals surface area (Å²) in [5.74, 6) is -0.873. The molecule has 0 aliphatic rings. The van der Waals surface area contributed by atoms with E-state index in [9.17, 15) is 13.2 Å². The molecule has 0 bridgehead atoms. The fourth-order valence-electron chi connectivity index (χ4n) is 2.08. The molecule has 0 radical (unpaired) electrons. The molecular formula is C16H18N2O5S. The highest BCUT2D eigenvalue weighted by Gasteiger charge is 2.18. The summed E-state index contributed by atoms with van der Waals surface area (Å²) < 4.78 is 32.2. The Balaban J connectivity index is 2.14. The Labute approximate surface area is 140 Å². The summed E-state index contributed by atoms with van der Waals surface area (Å²) >= 11 is 0. The molecule has 0 aromatic heterocycles. The van der Waals surface area contributed by atoms with Crippen LogP contribution in [0.1, 0.15) is 18.5 Å². The van der Waals surface area contributed by atoms with E-state index in [1.54, 1.807) is 37.3 Å². The van der Waals surface area contributed by atoms with Crippen LogP contribution in [0.25, 0.3) is 0 Å². The van der Waals surface area contributed by atoms with Crippen LogP contribution in [0, 0.1) is 0 Å². The van der Waals surface area contributed by atoms with Gasteiger partial charge in [0.25, 0.3) is 0 Å².